The lowest BCUT2D eigenvalue weighted by molar-refractivity contribution is -0.0555. The molecule has 0 aliphatic carbocycles. The molecule has 752 valence electrons. The molecule has 52 heteroatoms. The summed E-state index contributed by atoms with van der Waals surface area (Å²) in [5.41, 5.74) is 0.649. The number of aliphatic hydroxyl groups excluding tert-OH is 15. The molecule has 5 aliphatic rings. The van der Waals surface area contributed by atoms with E-state index in [1.807, 2.05) is 51.1 Å². The van der Waals surface area contributed by atoms with Gasteiger partial charge in [-0.2, -0.15) is 0 Å². The number of fused-ring (bicyclic) bond motifs is 5. The van der Waals surface area contributed by atoms with Gasteiger partial charge in [-0.25, -0.2) is 24.0 Å². The topological polar surface area (TPSA) is 718 Å². The highest BCUT2D eigenvalue weighted by atomic mass is 16.6. The summed E-state index contributed by atoms with van der Waals surface area (Å²) < 4.78 is 73.4. The zero-order valence-electron chi connectivity index (χ0n) is 75.4. The van der Waals surface area contributed by atoms with Gasteiger partial charge in [0.2, 0.25) is 0 Å². The van der Waals surface area contributed by atoms with Crippen molar-refractivity contribution in [1.29, 1.82) is 0 Å². The van der Waals surface area contributed by atoms with Gasteiger partial charge in [-0.3, -0.25) is 69.6 Å². The van der Waals surface area contributed by atoms with Crippen molar-refractivity contribution in [3.63, 3.8) is 0 Å². The van der Waals surface area contributed by atoms with E-state index < -0.39 is 212 Å². The van der Waals surface area contributed by atoms with Crippen LogP contribution in [0.1, 0.15) is 76.3 Å². The van der Waals surface area contributed by atoms with Crippen molar-refractivity contribution >= 4 is 54.8 Å². The minimum Gasteiger partial charge on any atom is -0.497 e. The molecular formula is C90H95N15O37. The van der Waals surface area contributed by atoms with Gasteiger partial charge in [-0.15, -0.1) is 0 Å². The predicted octanol–water partition coefficient (Wildman–Crippen LogP) is -5.00. The van der Waals surface area contributed by atoms with Crippen LogP contribution in [0.5, 0.6) is 11.5 Å². The van der Waals surface area contributed by atoms with Gasteiger partial charge in [-0.1, -0.05) is 61.7 Å². The lowest BCUT2D eigenvalue weighted by Crippen LogP contribution is -2.43. The summed E-state index contributed by atoms with van der Waals surface area (Å²) in [5.74, 6) is 1.04. The van der Waals surface area contributed by atoms with E-state index in [9.17, 15) is 125 Å². The van der Waals surface area contributed by atoms with E-state index in [2.05, 4.69) is 25.8 Å². The number of aliphatic hydroxyl groups is 15. The van der Waals surface area contributed by atoms with E-state index in [0.29, 0.717) is 94.8 Å². The van der Waals surface area contributed by atoms with Gasteiger partial charge in [0.25, 0.3) is 27.8 Å². The number of aromatic nitrogens is 15. The largest absolute Gasteiger partial charge is 0.497 e. The third kappa shape index (κ3) is 19.5. The second-order valence-electron chi connectivity index (χ2n) is 33.6. The van der Waals surface area contributed by atoms with Crippen LogP contribution in [0.4, 0.5) is 0 Å². The Labute approximate surface area is 792 Å². The minimum atomic E-state index is -1.45. The highest BCUT2D eigenvalue weighted by Gasteiger charge is 2.49. The van der Waals surface area contributed by atoms with Crippen LogP contribution >= 0.6 is 0 Å². The summed E-state index contributed by atoms with van der Waals surface area (Å²) >= 11 is 0. The number of aryl methyl sites for hydroxylation is 3. The van der Waals surface area contributed by atoms with Crippen LogP contribution in [-0.2, 0) is 56.4 Å². The first kappa shape index (κ1) is 101. The van der Waals surface area contributed by atoms with Crippen molar-refractivity contribution in [2.75, 3.05) is 47.3 Å². The van der Waals surface area contributed by atoms with E-state index in [4.69, 9.17) is 55.8 Å². The molecule has 15 aromatic rings. The molecule has 5 aromatic carbocycles. The van der Waals surface area contributed by atoms with Crippen LogP contribution in [0.2, 0.25) is 0 Å². The van der Waals surface area contributed by atoms with Crippen LogP contribution in [0.25, 0.3) is 54.8 Å². The van der Waals surface area contributed by atoms with E-state index in [1.165, 1.54) is 45.2 Å². The van der Waals surface area contributed by atoms with Crippen LogP contribution < -0.4 is 65.7 Å². The molecule has 0 radical (unpaired) electrons. The van der Waals surface area contributed by atoms with E-state index in [1.54, 1.807) is 60.7 Å². The zero-order chi connectivity index (χ0) is 101. The Morgan fingerprint density at radius 2 is 0.606 bits per heavy atom. The molecule has 5 fully saturated rings. The molecule has 52 nitrogen and oxygen atoms in total. The van der Waals surface area contributed by atoms with Crippen LogP contribution in [0, 0.1) is 20.8 Å². The minimum absolute atomic E-state index is 0.135. The molecule has 142 heavy (non-hydrogen) atoms. The summed E-state index contributed by atoms with van der Waals surface area (Å²) in [6.07, 6.45) is -19.5. The molecule has 0 bridgehead atoms. The molecular weight excluding hydrogens is 1880 g/mol. The Kier molecular flexibility index (Phi) is 29.9. The van der Waals surface area contributed by atoms with Crippen molar-refractivity contribution in [3.8, 4) is 11.5 Å². The number of para-hydroxylation sites is 1. The number of hydrogen-bond donors (Lipinski definition) is 15. The number of hydrogen-bond acceptors (Lipinski definition) is 42. The van der Waals surface area contributed by atoms with Gasteiger partial charge in [0, 0.05) is 77.5 Å². The molecule has 5 unspecified atom stereocenters. The average Bonchev–Trinajstić information content (AvgIpc) is 1.61. The monoisotopic (exact) mass is 1980 g/mol. The quantitative estimate of drug-likeness (QED) is 0.0302. The SMILES string of the molecule is COc1ccc2onc(Cn3c(=O)ccn([C@@H]4O[C@H](CO)[C@H](O)C4O)c3=O)c2c1.COc1cccc2onc(Cn3c(=O)ccn([C@@H]4O[C@H](CO)[C@H](O)C4O)c3=O)c12.Cc1ccc2c(Cn3c(=O)ccn([C@@H]4O[C@H](CO)[C@H](O)C4O)c3=O)noc2c1.Cc1ccc2onc(Cn3c(=O)ccn([C@@H]4O[C@H](CO)[C@H](O)C4O)c3=O)c2c1.Cc1cccc2c(Cn3c(=O)ccn([C@@H]4O[C@H](CO)[C@H](O)C4O)c3=O)noc12. The Balaban J connectivity index is 0.000000128. The van der Waals surface area contributed by atoms with Gasteiger partial charge in [0.05, 0.1) is 90.8 Å². The van der Waals surface area contributed by atoms with Crippen molar-refractivity contribution < 1.29 is 132 Å². The smallest absolute Gasteiger partial charge is 0.333 e. The molecule has 0 saturated carbocycles. The molecule has 15 heterocycles. The van der Waals surface area contributed by atoms with Crippen molar-refractivity contribution in [3.05, 3.63) is 302 Å². The third-order valence-electron chi connectivity index (χ3n) is 24.6. The summed E-state index contributed by atoms with van der Waals surface area (Å²) in [6, 6.07) is 32.3. The number of benzene rings is 5. The highest BCUT2D eigenvalue weighted by molar-refractivity contribution is 5.86. The first-order valence-corrected chi connectivity index (χ1v) is 43.7. The van der Waals surface area contributed by atoms with E-state index in [0.717, 1.165) is 92.7 Å². The summed E-state index contributed by atoms with van der Waals surface area (Å²) in [6.45, 7) is 2.24. The molecule has 5 aliphatic heterocycles. The second kappa shape index (κ2) is 42.2. The second-order valence-corrected chi connectivity index (χ2v) is 33.6. The number of nitrogens with zero attached hydrogens (tertiary/aromatic N) is 15. The van der Waals surface area contributed by atoms with Gasteiger partial charge < -0.3 is 132 Å². The van der Waals surface area contributed by atoms with E-state index in [-0.39, 0.29) is 32.7 Å². The maximum Gasteiger partial charge on any atom is 0.333 e. The molecule has 10 aromatic heterocycles. The average molecular weight is 1980 g/mol. The lowest BCUT2D eigenvalue weighted by atomic mass is 10.1. The fraction of sp³-hybridized carbons (Fsp3) is 0.389. The van der Waals surface area contributed by atoms with Gasteiger partial charge in [-0.05, 0) is 92.6 Å². The Morgan fingerprint density at radius 3 is 0.972 bits per heavy atom. The van der Waals surface area contributed by atoms with Crippen molar-refractivity contribution in [1.82, 2.24) is 71.5 Å². The Hall–Kier alpha value is -14.4. The first-order valence-electron chi connectivity index (χ1n) is 43.7. The van der Waals surface area contributed by atoms with Crippen molar-refractivity contribution in [2.45, 2.75) is 176 Å². The molecule has 20 rings (SSSR count). The van der Waals surface area contributed by atoms with Crippen LogP contribution in [0.15, 0.2) is 223 Å². The normalized spacial score (nSPS) is 24.6. The maximum absolute atomic E-state index is 12.9. The summed E-state index contributed by atoms with van der Waals surface area (Å²) in [5, 5.41) is 170. The Bertz CT molecular complexity index is 7680. The molecule has 15 N–H and O–H groups in total. The van der Waals surface area contributed by atoms with E-state index >= 15 is 0 Å². The zero-order valence-corrected chi connectivity index (χ0v) is 75.4. The summed E-state index contributed by atoms with van der Waals surface area (Å²) in [7, 11) is 2.99. The standard InChI is InChI=1S/2C18H19N3O8.3C18H19N3O7/c1-27-9-2-3-12-10(6-9)11(19-29-12)7-21-14(23)4-5-20(18(21)26)17-16(25)15(24)13(8-22)28-17;1-27-10-3-2-4-11-14(10)9(19-29-11)7-21-13(23)5-6-20(18(21)26)17-16(25)15(24)12(8-22)28-17;1-9-2-3-12-10(6-9)11(19-28-12)7-21-14(23)4-5-20(18(21)26)17-16(25)15(24)13(8-22)27-17;1-9-2-3-10-11(19-28-12(10)6-9)7-21-14(23)4-5-20(18(21)26)17-16(25)15(24)13(8-22)27-17;1-9-3-2-4-10-11(19-28-16(9)10)7-21-13(23)5-6-20(18(21)26)17-15(25)14(24)12(8-22)27-17/h2-6,13,15-17,22,24-25H,7-8H2,1H3;2-6,12,15-17,22,24-25H,7-8H2,1H3;2*2-6,13,15-17,22,24-25H,7-8H2,1H3;2-6,12,14-15,17,22,24-25H,7-8H2,1H3/t13-,15+,16?,17-;12-,15+,16?,17-;2*13-,15+,16?,17-;12-,14+,15?,17-/m11111/s1. The number of ether oxygens (including phenoxy) is 7. The predicted molar refractivity (Wildman–Crippen MR) is 483 cm³/mol. The van der Waals surface area contributed by atoms with Crippen molar-refractivity contribution in [2.24, 2.45) is 0 Å². The Morgan fingerprint density at radius 1 is 0.296 bits per heavy atom. The first-order chi connectivity index (χ1) is 68.1. The number of rotatable bonds is 22. The van der Waals surface area contributed by atoms with Crippen LogP contribution in [-0.4, -0.2) is 287 Å². The van der Waals surface area contributed by atoms with Gasteiger partial charge in [0.1, 0.15) is 132 Å². The fourth-order valence-electron chi connectivity index (χ4n) is 16.9. The molecule has 20 atom stereocenters. The molecule has 0 spiro atoms. The third-order valence-corrected chi connectivity index (χ3v) is 24.6. The molecule has 5 saturated heterocycles. The lowest BCUT2D eigenvalue weighted by Gasteiger charge is -2.18. The number of methoxy groups -OCH3 is 2. The van der Waals surface area contributed by atoms with Gasteiger partial charge >= 0.3 is 28.4 Å². The van der Waals surface area contributed by atoms with Gasteiger partial charge in [0.15, 0.2) is 59.1 Å². The highest BCUT2D eigenvalue weighted by Crippen LogP contribution is 2.36. The maximum atomic E-state index is 12.9. The molecule has 0 amide bonds. The van der Waals surface area contributed by atoms with Crippen LogP contribution in [0.3, 0.4) is 0 Å². The summed E-state index contributed by atoms with van der Waals surface area (Å²) in [4.78, 5) is 126. The fourth-order valence-corrected chi connectivity index (χ4v) is 16.9.